The molecule has 1 aliphatic carbocycles. The quantitative estimate of drug-likeness (QED) is 0.616. The Morgan fingerprint density at radius 3 is 2.65 bits per heavy atom. The van der Waals surface area contributed by atoms with Crippen molar-refractivity contribution in [1.82, 2.24) is 5.32 Å². The van der Waals surface area contributed by atoms with Gasteiger partial charge in [-0.25, -0.2) is 0 Å². The second kappa shape index (κ2) is 6.13. The lowest BCUT2D eigenvalue weighted by atomic mass is 9.87. The molecule has 0 atom stereocenters. The Balaban J connectivity index is 2.04. The highest BCUT2D eigenvalue weighted by Gasteiger charge is 2.32. The van der Waals surface area contributed by atoms with E-state index in [1.54, 1.807) is 19.2 Å². The number of nitrogens with two attached hydrogens (primary N) is 1. The van der Waals surface area contributed by atoms with E-state index in [-0.39, 0.29) is 17.9 Å². The van der Waals surface area contributed by atoms with Crippen LogP contribution in [0.25, 0.3) is 0 Å². The number of carbonyl (C=O) groups is 1. The smallest absolute Gasteiger partial charge is 0.251 e. The number of carbonyl (C=O) groups excluding carboxylic acids is 1. The van der Waals surface area contributed by atoms with Gasteiger partial charge in [-0.3, -0.25) is 4.79 Å². The molecule has 20 heavy (non-hydrogen) atoms. The van der Waals surface area contributed by atoms with Gasteiger partial charge in [-0.05, 0) is 31.0 Å². The lowest BCUT2D eigenvalue weighted by Crippen LogP contribution is -2.30. The molecule has 1 aliphatic rings. The van der Waals surface area contributed by atoms with E-state index in [4.69, 9.17) is 5.73 Å². The number of rotatable bonds is 5. The summed E-state index contributed by atoms with van der Waals surface area (Å²) in [5, 5.41) is 15.5. The molecule has 0 radical (unpaired) electrons. The van der Waals surface area contributed by atoms with Crippen LogP contribution in [0.4, 0.5) is 11.4 Å². The van der Waals surface area contributed by atoms with Gasteiger partial charge in [0.15, 0.2) is 0 Å². The molecule has 2 rings (SSSR count). The molecular weight excluding hydrogens is 254 g/mol. The second-order valence-corrected chi connectivity index (χ2v) is 5.60. The van der Waals surface area contributed by atoms with Crippen molar-refractivity contribution in [2.45, 2.75) is 25.7 Å². The third kappa shape index (κ3) is 3.04. The van der Waals surface area contributed by atoms with Crippen molar-refractivity contribution in [3.8, 4) is 0 Å². The molecule has 1 amide bonds. The summed E-state index contributed by atoms with van der Waals surface area (Å²) in [5.74, 6) is -0.147. The van der Waals surface area contributed by atoms with E-state index in [0.29, 0.717) is 17.8 Å². The lowest BCUT2D eigenvalue weighted by molar-refractivity contribution is 0.0963. The van der Waals surface area contributed by atoms with E-state index >= 15 is 0 Å². The van der Waals surface area contributed by atoms with Gasteiger partial charge in [-0.2, -0.15) is 0 Å². The Morgan fingerprint density at radius 2 is 2.10 bits per heavy atom. The number of aliphatic hydroxyl groups is 1. The lowest BCUT2D eigenvalue weighted by Gasteiger charge is -2.27. The minimum atomic E-state index is -0.147. The Labute approximate surface area is 119 Å². The molecule has 0 bridgehead atoms. The van der Waals surface area contributed by atoms with Crippen LogP contribution in [0.5, 0.6) is 0 Å². The molecule has 110 valence electrons. The molecule has 1 aromatic carbocycles. The first-order valence-corrected chi connectivity index (χ1v) is 7.06. The summed E-state index contributed by atoms with van der Waals surface area (Å²) >= 11 is 0. The van der Waals surface area contributed by atoms with Crippen molar-refractivity contribution < 1.29 is 9.90 Å². The molecule has 0 spiro atoms. The average Bonchev–Trinajstić information content (AvgIpc) is 2.94. The van der Waals surface area contributed by atoms with Gasteiger partial charge >= 0.3 is 0 Å². The highest BCUT2D eigenvalue weighted by Crippen LogP contribution is 2.38. The number of aliphatic hydroxyl groups excluding tert-OH is 1. The molecule has 0 unspecified atom stereocenters. The van der Waals surface area contributed by atoms with E-state index in [0.717, 1.165) is 18.5 Å². The zero-order valence-corrected chi connectivity index (χ0v) is 11.9. The van der Waals surface area contributed by atoms with E-state index in [2.05, 4.69) is 10.6 Å². The number of benzene rings is 1. The van der Waals surface area contributed by atoms with Crippen LogP contribution in [0.2, 0.25) is 0 Å². The molecule has 5 heteroatoms. The Morgan fingerprint density at radius 1 is 1.40 bits per heavy atom. The summed E-state index contributed by atoms with van der Waals surface area (Å²) in [6.45, 7) is 0.920. The van der Waals surface area contributed by atoms with Gasteiger partial charge in [0.1, 0.15) is 0 Å². The minimum absolute atomic E-state index is 0.0219. The molecule has 5 nitrogen and oxygen atoms in total. The van der Waals surface area contributed by atoms with Crippen molar-refractivity contribution in [1.29, 1.82) is 0 Å². The number of nitrogen functional groups attached to an aromatic ring is 1. The fourth-order valence-corrected chi connectivity index (χ4v) is 2.81. The first-order valence-electron chi connectivity index (χ1n) is 7.06. The fourth-order valence-electron chi connectivity index (χ4n) is 2.81. The van der Waals surface area contributed by atoms with E-state index in [1.807, 2.05) is 6.07 Å². The number of nitrogens with one attached hydrogen (secondary N) is 2. The minimum Gasteiger partial charge on any atom is -0.397 e. The monoisotopic (exact) mass is 277 g/mol. The Hall–Kier alpha value is -1.75. The summed E-state index contributed by atoms with van der Waals surface area (Å²) < 4.78 is 0. The molecule has 1 saturated carbocycles. The van der Waals surface area contributed by atoms with Gasteiger partial charge in [0.2, 0.25) is 0 Å². The maximum absolute atomic E-state index is 11.5. The molecule has 1 aromatic rings. The third-order valence-electron chi connectivity index (χ3n) is 4.19. The summed E-state index contributed by atoms with van der Waals surface area (Å²) in [5.41, 5.74) is 7.88. The van der Waals surface area contributed by atoms with E-state index in [1.165, 1.54) is 12.8 Å². The largest absolute Gasteiger partial charge is 0.397 e. The maximum atomic E-state index is 11.5. The number of anilines is 2. The summed E-state index contributed by atoms with van der Waals surface area (Å²) in [6, 6.07) is 5.24. The van der Waals surface area contributed by atoms with Crippen LogP contribution < -0.4 is 16.4 Å². The van der Waals surface area contributed by atoms with Gasteiger partial charge in [0.05, 0.1) is 18.0 Å². The molecule has 0 heterocycles. The number of hydrogen-bond donors (Lipinski definition) is 4. The molecule has 0 aromatic heterocycles. The first-order chi connectivity index (χ1) is 9.60. The Kier molecular flexibility index (Phi) is 4.49. The van der Waals surface area contributed by atoms with Gasteiger partial charge in [-0.1, -0.05) is 12.8 Å². The zero-order chi connectivity index (χ0) is 14.6. The predicted molar refractivity (Wildman–Crippen MR) is 80.7 cm³/mol. The SMILES string of the molecule is CNC(=O)c1ccc(NCC2(CO)CCCC2)c(N)c1. The molecule has 1 fully saturated rings. The van der Waals surface area contributed by atoms with Gasteiger partial charge in [-0.15, -0.1) is 0 Å². The van der Waals surface area contributed by atoms with Crippen molar-refractivity contribution in [2.24, 2.45) is 5.41 Å². The molecule has 0 aliphatic heterocycles. The standard InChI is InChI=1S/C15H23N3O2/c1-17-14(20)11-4-5-13(12(16)8-11)18-9-15(10-19)6-2-3-7-15/h4-5,8,18-19H,2-3,6-7,9-10,16H2,1H3,(H,17,20). The summed E-state index contributed by atoms with van der Waals surface area (Å²) in [4.78, 5) is 11.5. The van der Waals surface area contributed by atoms with Gasteiger partial charge < -0.3 is 21.5 Å². The summed E-state index contributed by atoms with van der Waals surface area (Å²) in [6.07, 6.45) is 4.44. The molecule has 5 N–H and O–H groups in total. The fraction of sp³-hybridized carbons (Fsp3) is 0.533. The van der Waals surface area contributed by atoms with Crippen molar-refractivity contribution in [3.63, 3.8) is 0 Å². The van der Waals surface area contributed by atoms with Gasteiger partial charge in [0.25, 0.3) is 5.91 Å². The second-order valence-electron chi connectivity index (χ2n) is 5.60. The average molecular weight is 277 g/mol. The normalized spacial score (nSPS) is 16.9. The Bertz CT molecular complexity index is 482. The van der Waals surface area contributed by atoms with Crippen LogP contribution >= 0.6 is 0 Å². The third-order valence-corrected chi connectivity index (χ3v) is 4.19. The number of amides is 1. The van der Waals surface area contributed by atoms with Crippen LogP contribution in [0.3, 0.4) is 0 Å². The maximum Gasteiger partial charge on any atom is 0.251 e. The van der Waals surface area contributed by atoms with Crippen LogP contribution in [-0.2, 0) is 0 Å². The van der Waals surface area contributed by atoms with E-state index in [9.17, 15) is 9.90 Å². The van der Waals surface area contributed by atoms with Crippen molar-refractivity contribution >= 4 is 17.3 Å². The molecule has 0 saturated heterocycles. The van der Waals surface area contributed by atoms with E-state index < -0.39 is 0 Å². The predicted octanol–water partition coefficient (Wildman–Crippen LogP) is 1.59. The number of hydrogen-bond acceptors (Lipinski definition) is 4. The van der Waals surface area contributed by atoms with Crippen LogP contribution in [0.1, 0.15) is 36.0 Å². The zero-order valence-electron chi connectivity index (χ0n) is 11.9. The molecular formula is C15H23N3O2. The topological polar surface area (TPSA) is 87.4 Å². The first kappa shape index (κ1) is 14.7. The van der Waals surface area contributed by atoms with Crippen molar-refractivity contribution in [2.75, 3.05) is 31.2 Å². The highest BCUT2D eigenvalue weighted by atomic mass is 16.3. The van der Waals surface area contributed by atoms with Crippen LogP contribution in [0.15, 0.2) is 18.2 Å². The van der Waals surface area contributed by atoms with Crippen LogP contribution in [0, 0.1) is 5.41 Å². The summed E-state index contributed by atoms with van der Waals surface area (Å²) in [7, 11) is 1.59. The van der Waals surface area contributed by atoms with Crippen LogP contribution in [-0.4, -0.2) is 31.2 Å². The highest BCUT2D eigenvalue weighted by molar-refractivity contribution is 5.95. The van der Waals surface area contributed by atoms with Crippen molar-refractivity contribution in [3.05, 3.63) is 23.8 Å². The van der Waals surface area contributed by atoms with Gasteiger partial charge in [0, 0.05) is 24.6 Å².